The Morgan fingerprint density at radius 3 is 3.00 bits per heavy atom. The Morgan fingerprint density at radius 2 is 2.18 bits per heavy atom. The molecule has 0 radical (unpaired) electrons. The number of hydrogen-bond donors (Lipinski definition) is 0. The van der Waals surface area contributed by atoms with Crippen molar-refractivity contribution >= 4 is 40.4 Å². The van der Waals surface area contributed by atoms with E-state index < -0.39 is 0 Å². The fraction of sp³-hybridized carbons (Fsp3) is 0.261. The molecule has 0 N–H and O–H groups in total. The van der Waals surface area contributed by atoms with E-state index in [1.807, 2.05) is 19.2 Å². The number of thiocarbonyl (C=S) groups is 1. The van der Waals surface area contributed by atoms with Gasteiger partial charge in [0, 0.05) is 31.3 Å². The molecule has 0 saturated carbocycles. The SMILES string of the molecule is CN1C(=S)[C@@H](/C=C/CCC(=O)c2ncn(Cc3ccccc3F)n2)COc2cc(Cl)cnc21. The Kier molecular flexibility index (Phi) is 7.10. The second-order valence-corrected chi connectivity index (χ2v) is 8.39. The third-order valence-electron chi connectivity index (χ3n) is 5.17. The van der Waals surface area contributed by atoms with Gasteiger partial charge in [0.1, 0.15) is 18.8 Å². The van der Waals surface area contributed by atoms with E-state index >= 15 is 0 Å². The second kappa shape index (κ2) is 10.2. The lowest BCUT2D eigenvalue weighted by Gasteiger charge is -2.20. The molecule has 1 aliphatic heterocycles. The van der Waals surface area contributed by atoms with Crippen molar-refractivity contribution in [2.75, 3.05) is 18.6 Å². The molecule has 170 valence electrons. The molecule has 0 fully saturated rings. The summed E-state index contributed by atoms with van der Waals surface area (Å²) in [6, 6.07) is 8.15. The van der Waals surface area contributed by atoms with Crippen molar-refractivity contribution in [1.29, 1.82) is 0 Å². The third kappa shape index (κ3) is 5.43. The molecule has 10 heteroatoms. The molecule has 0 spiro atoms. The smallest absolute Gasteiger partial charge is 0.217 e. The Balaban J connectivity index is 1.32. The number of anilines is 1. The normalized spacial score (nSPS) is 15.9. The Bertz CT molecular complexity index is 1220. The number of nitrogens with zero attached hydrogens (tertiary/aromatic N) is 5. The predicted octanol–water partition coefficient (Wildman–Crippen LogP) is 4.51. The average molecular weight is 486 g/mol. The lowest BCUT2D eigenvalue weighted by atomic mass is 10.1. The van der Waals surface area contributed by atoms with Crippen molar-refractivity contribution in [3.8, 4) is 5.75 Å². The van der Waals surface area contributed by atoms with Crippen LogP contribution in [0.3, 0.4) is 0 Å². The number of ether oxygens (including phenoxy) is 1. The Morgan fingerprint density at radius 1 is 1.36 bits per heavy atom. The van der Waals surface area contributed by atoms with E-state index in [9.17, 15) is 9.18 Å². The van der Waals surface area contributed by atoms with Gasteiger partial charge in [0.15, 0.2) is 11.6 Å². The number of rotatable bonds is 7. The fourth-order valence-electron chi connectivity index (χ4n) is 3.40. The molecule has 3 aromatic rings. The van der Waals surface area contributed by atoms with Crippen molar-refractivity contribution < 1.29 is 13.9 Å². The first kappa shape index (κ1) is 23.0. The van der Waals surface area contributed by atoms with E-state index in [1.165, 1.54) is 17.1 Å². The quantitative estimate of drug-likeness (QED) is 0.277. The molecule has 7 nitrogen and oxygen atoms in total. The first-order valence-corrected chi connectivity index (χ1v) is 11.1. The molecule has 0 saturated heterocycles. The maximum atomic E-state index is 13.8. The van der Waals surface area contributed by atoms with E-state index in [2.05, 4.69) is 15.1 Å². The molecule has 33 heavy (non-hydrogen) atoms. The first-order valence-electron chi connectivity index (χ1n) is 10.3. The van der Waals surface area contributed by atoms with Crippen LogP contribution < -0.4 is 9.64 Å². The number of carbonyl (C=O) groups excluding carboxylic acids is 1. The molecule has 4 rings (SSSR count). The number of hydrogen-bond acceptors (Lipinski definition) is 6. The molecule has 0 bridgehead atoms. The molecule has 1 aromatic carbocycles. The van der Waals surface area contributed by atoms with Gasteiger partial charge in [-0.15, -0.1) is 5.10 Å². The van der Waals surface area contributed by atoms with Gasteiger partial charge in [0.05, 0.1) is 22.5 Å². The van der Waals surface area contributed by atoms with Gasteiger partial charge in [0.25, 0.3) is 0 Å². The van der Waals surface area contributed by atoms with Gasteiger partial charge in [-0.25, -0.2) is 19.0 Å². The lowest BCUT2D eigenvalue weighted by Crippen LogP contribution is -2.31. The number of aromatic nitrogens is 4. The largest absolute Gasteiger partial charge is 0.489 e. The number of carbonyl (C=O) groups is 1. The summed E-state index contributed by atoms with van der Waals surface area (Å²) >= 11 is 11.6. The fourth-order valence-corrected chi connectivity index (χ4v) is 3.78. The van der Waals surface area contributed by atoms with E-state index in [1.54, 1.807) is 35.4 Å². The molecule has 1 aliphatic rings. The van der Waals surface area contributed by atoms with Gasteiger partial charge in [-0.3, -0.25) is 4.79 Å². The van der Waals surface area contributed by atoms with Crippen LogP contribution in [0.1, 0.15) is 29.0 Å². The maximum absolute atomic E-state index is 13.8. The average Bonchev–Trinajstić information content (AvgIpc) is 3.24. The van der Waals surface area contributed by atoms with E-state index in [0.29, 0.717) is 40.2 Å². The summed E-state index contributed by atoms with van der Waals surface area (Å²) in [5.74, 6) is 0.661. The number of allylic oxidation sites excluding steroid dienone is 1. The van der Waals surface area contributed by atoms with Crippen LogP contribution in [0, 0.1) is 11.7 Å². The number of fused-ring (bicyclic) bond motifs is 1. The lowest BCUT2D eigenvalue weighted by molar-refractivity contribution is 0.0973. The molecular weight excluding hydrogens is 465 g/mol. The molecule has 3 heterocycles. The van der Waals surface area contributed by atoms with Crippen molar-refractivity contribution in [2.45, 2.75) is 19.4 Å². The number of benzene rings is 1. The topological polar surface area (TPSA) is 73.1 Å². The summed E-state index contributed by atoms with van der Waals surface area (Å²) in [4.78, 5) is 23.3. The monoisotopic (exact) mass is 485 g/mol. The summed E-state index contributed by atoms with van der Waals surface area (Å²) in [5.41, 5.74) is 0.482. The minimum Gasteiger partial charge on any atom is -0.489 e. The Labute approximate surface area is 200 Å². The number of pyridine rings is 1. The van der Waals surface area contributed by atoms with E-state index in [4.69, 9.17) is 28.6 Å². The Hall–Kier alpha value is -3.17. The van der Waals surface area contributed by atoms with Crippen LogP contribution in [-0.4, -0.2) is 44.2 Å². The van der Waals surface area contributed by atoms with Gasteiger partial charge in [-0.2, -0.15) is 0 Å². The molecule has 0 amide bonds. The van der Waals surface area contributed by atoms with Crippen LogP contribution in [0.25, 0.3) is 0 Å². The van der Waals surface area contributed by atoms with Crippen LogP contribution in [0.2, 0.25) is 5.02 Å². The zero-order chi connectivity index (χ0) is 23.4. The van der Waals surface area contributed by atoms with Crippen LogP contribution >= 0.6 is 23.8 Å². The van der Waals surface area contributed by atoms with Gasteiger partial charge in [0.2, 0.25) is 11.6 Å². The second-order valence-electron chi connectivity index (χ2n) is 7.54. The highest BCUT2D eigenvalue weighted by Gasteiger charge is 2.25. The summed E-state index contributed by atoms with van der Waals surface area (Å²) in [6.07, 6.45) is 7.57. The van der Waals surface area contributed by atoms with E-state index in [-0.39, 0.29) is 36.3 Å². The van der Waals surface area contributed by atoms with Crippen LogP contribution in [0.15, 0.2) is 55.0 Å². The summed E-state index contributed by atoms with van der Waals surface area (Å²) < 4.78 is 21.1. The minimum absolute atomic E-state index is 0.117. The van der Waals surface area contributed by atoms with Gasteiger partial charge in [-0.1, -0.05) is 54.2 Å². The zero-order valence-corrected chi connectivity index (χ0v) is 19.4. The third-order valence-corrected chi connectivity index (χ3v) is 5.95. The summed E-state index contributed by atoms with van der Waals surface area (Å²) in [5, 5.41) is 4.67. The van der Waals surface area contributed by atoms with Crippen LogP contribution in [0.4, 0.5) is 10.2 Å². The zero-order valence-electron chi connectivity index (χ0n) is 17.8. The van der Waals surface area contributed by atoms with Crippen molar-refractivity contribution in [3.05, 3.63) is 77.2 Å². The first-order chi connectivity index (χ1) is 15.9. The van der Waals surface area contributed by atoms with Gasteiger partial charge in [-0.05, 0) is 12.5 Å². The van der Waals surface area contributed by atoms with Crippen molar-refractivity contribution in [2.24, 2.45) is 5.92 Å². The van der Waals surface area contributed by atoms with Crippen LogP contribution in [-0.2, 0) is 6.54 Å². The number of ketones is 1. The molecular formula is C23H21ClFN5O2S. The standard InChI is InChI=1S/C23H21ClFN5O2S/c1-29-22-20(10-17(24)11-26-22)32-13-16(23(29)33)7-3-5-9-19(31)21-27-14-30(28-21)12-15-6-2-4-8-18(15)25/h2-4,6-8,10-11,14,16H,5,9,12-13H2,1H3/b7-3+/t16-/m0/s1. The highest BCUT2D eigenvalue weighted by molar-refractivity contribution is 7.80. The van der Waals surface area contributed by atoms with Crippen molar-refractivity contribution in [3.63, 3.8) is 0 Å². The minimum atomic E-state index is -0.320. The molecule has 0 unspecified atom stereocenters. The molecule has 0 aliphatic carbocycles. The van der Waals surface area contributed by atoms with E-state index in [0.717, 1.165) is 0 Å². The number of halogens is 2. The van der Waals surface area contributed by atoms with Crippen LogP contribution in [0.5, 0.6) is 5.75 Å². The highest BCUT2D eigenvalue weighted by atomic mass is 35.5. The number of Topliss-reactive ketones (excluding diaryl/α,β-unsaturated/α-hetero) is 1. The molecule has 1 atom stereocenters. The van der Waals surface area contributed by atoms with Gasteiger partial charge >= 0.3 is 0 Å². The predicted molar refractivity (Wildman–Crippen MR) is 127 cm³/mol. The van der Waals surface area contributed by atoms with Crippen molar-refractivity contribution in [1.82, 2.24) is 19.7 Å². The summed E-state index contributed by atoms with van der Waals surface area (Å²) in [6.45, 7) is 0.562. The highest BCUT2D eigenvalue weighted by Crippen LogP contribution is 2.32. The maximum Gasteiger partial charge on any atom is 0.217 e. The molecule has 2 aromatic heterocycles. The summed E-state index contributed by atoms with van der Waals surface area (Å²) in [7, 11) is 1.84. The van der Waals surface area contributed by atoms with Gasteiger partial charge < -0.3 is 9.64 Å².